The van der Waals surface area contributed by atoms with Crippen LogP contribution in [-0.4, -0.2) is 0 Å². The molecule has 0 nitrogen and oxygen atoms in total. The summed E-state index contributed by atoms with van der Waals surface area (Å²) in [6.07, 6.45) is 4.79. The Labute approximate surface area is 94.7 Å². The topological polar surface area (TPSA) is 0 Å². The molecule has 1 atom stereocenters. The van der Waals surface area contributed by atoms with E-state index in [2.05, 4.69) is 50.3 Å². The third-order valence-corrected chi connectivity index (χ3v) is 11.0. The molecule has 14 heavy (non-hydrogen) atoms. The Morgan fingerprint density at radius 3 is 2.57 bits per heavy atom. The molecule has 0 fully saturated rings. The number of hydrogen-bond acceptors (Lipinski definition) is 0. The van der Waals surface area contributed by atoms with E-state index in [0.717, 1.165) is 3.63 Å². The van der Waals surface area contributed by atoms with Gasteiger partial charge >= 0.3 is 95.0 Å². The monoisotopic (exact) mass is 263 g/mol. The normalized spacial score (nSPS) is 18.3. The molecule has 1 aromatic rings. The van der Waals surface area contributed by atoms with Crippen LogP contribution in [0.2, 0.25) is 8.26 Å². The van der Waals surface area contributed by atoms with Crippen molar-refractivity contribution >= 4 is 6.08 Å². The van der Waals surface area contributed by atoms with Gasteiger partial charge in [0.25, 0.3) is 0 Å². The predicted molar refractivity (Wildman–Crippen MR) is 59.2 cm³/mol. The van der Waals surface area contributed by atoms with Gasteiger partial charge in [0.05, 0.1) is 0 Å². The molecule has 1 aliphatic carbocycles. The van der Waals surface area contributed by atoms with Crippen LogP contribution in [-0.2, 0) is 21.8 Å². The van der Waals surface area contributed by atoms with E-state index in [9.17, 15) is 0 Å². The Morgan fingerprint density at radius 2 is 1.86 bits per heavy atom. The molecule has 1 aliphatic rings. The zero-order valence-corrected chi connectivity index (χ0v) is 11.4. The Kier molecular flexibility index (Phi) is 3.39. The van der Waals surface area contributed by atoms with Gasteiger partial charge in [-0.15, -0.1) is 0 Å². The van der Waals surface area contributed by atoms with E-state index in [-0.39, 0.29) is 0 Å². The summed E-state index contributed by atoms with van der Waals surface area (Å²) >= 11 is -1.14. The molecule has 72 valence electrons. The van der Waals surface area contributed by atoms with Crippen LogP contribution in [0.3, 0.4) is 0 Å². The molecule has 1 unspecified atom stereocenters. The predicted octanol–water partition coefficient (Wildman–Crippen LogP) is 4.25. The fourth-order valence-corrected chi connectivity index (χ4v) is 8.32. The zero-order valence-electron chi connectivity index (χ0n) is 8.96. The third kappa shape index (κ3) is 1.80. The molecular weight excluding hydrogens is 247 g/mol. The summed E-state index contributed by atoms with van der Waals surface area (Å²) in [5.74, 6) is 0. The van der Waals surface area contributed by atoms with Crippen LogP contribution in [0.5, 0.6) is 0 Å². The molecule has 0 saturated heterocycles. The quantitative estimate of drug-likeness (QED) is 0.765. The average Bonchev–Trinajstić information content (AvgIpc) is 2.65. The number of benzene rings is 1. The maximum absolute atomic E-state index is 2.46. The van der Waals surface area contributed by atoms with E-state index in [1.54, 1.807) is 5.56 Å². The Bertz CT molecular complexity index is 337. The summed E-state index contributed by atoms with van der Waals surface area (Å²) in [4.78, 5) is 0. The van der Waals surface area contributed by atoms with Crippen LogP contribution in [0.25, 0.3) is 6.08 Å². The average molecular weight is 265 g/mol. The molecule has 0 heterocycles. The molecular formula is C13H17Zr+. The van der Waals surface area contributed by atoms with E-state index in [1.165, 1.54) is 13.8 Å². The summed E-state index contributed by atoms with van der Waals surface area (Å²) < 4.78 is 3.81. The van der Waals surface area contributed by atoms with Gasteiger partial charge in [0.1, 0.15) is 0 Å². The van der Waals surface area contributed by atoms with Crippen molar-refractivity contribution in [3.05, 3.63) is 41.5 Å². The molecule has 1 heteroatoms. The Balaban J connectivity index is 2.29. The number of fused-ring (bicyclic) bond motifs is 1. The van der Waals surface area contributed by atoms with Gasteiger partial charge in [-0.3, -0.25) is 0 Å². The second-order valence-corrected chi connectivity index (χ2v) is 12.1. The molecule has 0 saturated carbocycles. The molecule has 0 spiro atoms. The first kappa shape index (κ1) is 10.4. The summed E-state index contributed by atoms with van der Waals surface area (Å²) in [5, 5.41) is 0. The third-order valence-electron chi connectivity index (χ3n) is 3.15. The fourth-order valence-electron chi connectivity index (χ4n) is 2.30. The molecule has 1 aromatic carbocycles. The van der Waals surface area contributed by atoms with Gasteiger partial charge in [-0.25, -0.2) is 0 Å². The fraction of sp³-hybridized carbons (Fsp3) is 0.385. The molecule has 0 N–H and O–H groups in total. The zero-order chi connectivity index (χ0) is 9.97. The standard InChI is InChI=1S/C9H7.2C2H5.Zr/c1-2-5-9-7-3-6-8(9)4-1;2*1-2;/h1-7H;2*1H2,2H3;/q;;;+1. The van der Waals surface area contributed by atoms with Crippen LogP contribution in [0.4, 0.5) is 0 Å². The van der Waals surface area contributed by atoms with Gasteiger partial charge < -0.3 is 0 Å². The van der Waals surface area contributed by atoms with Gasteiger partial charge in [-0.05, 0) is 0 Å². The summed E-state index contributed by atoms with van der Waals surface area (Å²) in [5.41, 5.74) is 3.09. The first-order chi connectivity index (χ1) is 6.86. The summed E-state index contributed by atoms with van der Waals surface area (Å²) in [6.45, 7) is 4.76. The number of rotatable bonds is 3. The second-order valence-electron chi connectivity index (χ2n) is 3.83. The molecule has 0 aromatic heterocycles. The summed E-state index contributed by atoms with van der Waals surface area (Å²) in [6, 6.07) is 8.90. The van der Waals surface area contributed by atoms with Crippen LogP contribution in [0, 0.1) is 0 Å². The molecule has 2 rings (SSSR count). The van der Waals surface area contributed by atoms with Crippen LogP contribution < -0.4 is 0 Å². The summed E-state index contributed by atoms with van der Waals surface area (Å²) in [7, 11) is 0. The minimum absolute atomic E-state index is 0.864. The SMILES string of the molecule is C[CH2][Zr+]([CH2]C)[CH]1C=Cc2ccccc21. The van der Waals surface area contributed by atoms with Gasteiger partial charge in [-0.2, -0.15) is 0 Å². The molecule has 0 radical (unpaired) electrons. The molecule has 0 aliphatic heterocycles. The van der Waals surface area contributed by atoms with Crippen molar-refractivity contribution in [2.24, 2.45) is 0 Å². The van der Waals surface area contributed by atoms with Gasteiger partial charge in [-0.1, -0.05) is 0 Å². The van der Waals surface area contributed by atoms with Crippen LogP contribution >= 0.6 is 0 Å². The Morgan fingerprint density at radius 1 is 1.14 bits per heavy atom. The van der Waals surface area contributed by atoms with Gasteiger partial charge in [0.15, 0.2) is 0 Å². The van der Waals surface area contributed by atoms with Crippen molar-refractivity contribution in [2.45, 2.75) is 25.7 Å². The number of allylic oxidation sites excluding steroid dienone is 1. The first-order valence-electron chi connectivity index (χ1n) is 5.48. The van der Waals surface area contributed by atoms with E-state index in [1.807, 2.05) is 0 Å². The molecule has 0 bridgehead atoms. The van der Waals surface area contributed by atoms with Crippen molar-refractivity contribution in [2.75, 3.05) is 0 Å². The van der Waals surface area contributed by atoms with Crippen LogP contribution in [0.15, 0.2) is 30.3 Å². The van der Waals surface area contributed by atoms with Crippen molar-refractivity contribution in [1.82, 2.24) is 0 Å². The Hall–Kier alpha value is -0.157. The van der Waals surface area contributed by atoms with Gasteiger partial charge in [0.2, 0.25) is 0 Å². The van der Waals surface area contributed by atoms with Crippen molar-refractivity contribution in [3.63, 3.8) is 0 Å². The van der Waals surface area contributed by atoms with Crippen LogP contribution in [0.1, 0.15) is 28.6 Å². The van der Waals surface area contributed by atoms with Crippen molar-refractivity contribution in [1.29, 1.82) is 0 Å². The maximum atomic E-state index is 2.46. The van der Waals surface area contributed by atoms with E-state index < -0.39 is 21.8 Å². The van der Waals surface area contributed by atoms with E-state index in [4.69, 9.17) is 0 Å². The van der Waals surface area contributed by atoms with Crippen molar-refractivity contribution < 1.29 is 21.8 Å². The van der Waals surface area contributed by atoms with E-state index >= 15 is 0 Å². The number of hydrogen-bond donors (Lipinski definition) is 0. The molecule has 0 amide bonds. The second kappa shape index (κ2) is 4.57. The van der Waals surface area contributed by atoms with E-state index in [0.29, 0.717) is 0 Å². The van der Waals surface area contributed by atoms with Gasteiger partial charge in [0, 0.05) is 0 Å². The minimum atomic E-state index is -1.14. The first-order valence-corrected chi connectivity index (χ1v) is 10.4. The van der Waals surface area contributed by atoms with Crippen molar-refractivity contribution in [3.8, 4) is 0 Å².